The van der Waals surface area contributed by atoms with Gasteiger partial charge < -0.3 is 11.5 Å². The number of hydrogen-bond acceptors (Lipinski definition) is 4. The first kappa shape index (κ1) is 11.3. The molecule has 0 amide bonds. The highest BCUT2D eigenvalue weighted by molar-refractivity contribution is 7.86. The lowest BCUT2D eigenvalue weighted by Gasteiger charge is -2.34. The van der Waals surface area contributed by atoms with Gasteiger partial charge in [0.15, 0.2) is 4.87 Å². The largest absolute Gasteiger partial charge is 0.322 e. The van der Waals surface area contributed by atoms with Crippen molar-refractivity contribution in [2.75, 3.05) is 0 Å². The van der Waals surface area contributed by atoms with E-state index in [1.54, 1.807) is 30.3 Å². The first-order valence-corrected chi connectivity index (χ1v) is 6.10. The second-order valence-electron chi connectivity index (χ2n) is 3.74. The quantitative estimate of drug-likeness (QED) is 0.601. The normalized spacial score (nSPS) is 28.8. The second-order valence-corrected chi connectivity index (χ2v) is 5.37. The van der Waals surface area contributed by atoms with Crippen LogP contribution in [0.3, 0.4) is 0 Å². The molecule has 1 aromatic carbocycles. The zero-order chi connectivity index (χ0) is 12.0. The van der Waals surface area contributed by atoms with Crippen LogP contribution in [0.2, 0.25) is 0 Å². The van der Waals surface area contributed by atoms with Gasteiger partial charge in [0.2, 0.25) is 0 Å². The van der Waals surface area contributed by atoms with Crippen LogP contribution in [-0.4, -0.2) is 19.0 Å². The molecular weight excluding hydrogens is 228 g/mol. The molecular formula is C10H12N2O3S. The third-order valence-corrected chi connectivity index (χ3v) is 4.13. The molecule has 0 spiro atoms. The lowest BCUT2D eigenvalue weighted by Crippen LogP contribution is -2.58. The fraction of sp³-hybridized carbons (Fsp3) is 0.200. The van der Waals surface area contributed by atoms with Crippen LogP contribution in [-0.2, 0) is 15.0 Å². The SMILES string of the molecule is NC1C=Cc2ccccc2C1(N)S(=O)(=O)O. The second kappa shape index (κ2) is 3.39. The van der Waals surface area contributed by atoms with E-state index in [-0.39, 0.29) is 0 Å². The van der Waals surface area contributed by atoms with E-state index < -0.39 is 21.0 Å². The topological polar surface area (TPSA) is 106 Å². The Bertz CT molecular complexity index is 553. The Balaban J connectivity index is 2.76. The summed E-state index contributed by atoms with van der Waals surface area (Å²) in [5, 5.41) is 0. The van der Waals surface area contributed by atoms with E-state index in [1.807, 2.05) is 0 Å². The molecule has 5 nitrogen and oxygen atoms in total. The monoisotopic (exact) mass is 240 g/mol. The van der Waals surface area contributed by atoms with E-state index >= 15 is 0 Å². The number of hydrogen-bond donors (Lipinski definition) is 3. The van der Waals surface area contributed by atoms with Crippen LogP contribution in [0.15, 0.2) is 30.3 Å². The Morgan fingerprint density at radius 3 is 2.56 bits per heavy atom. The van der Waals surface area contributed by atoms with Crippen LogP contribution in [0.5, 0.6) is 0 Å². The molecule has 0 fully saturated rings. The minimum Gasteiger partial charge on any atom is -0.322 e. The van der Waals surface area contributed by atoms with Gasteiger partial charge in [-0.15, -0.1) is 0 Å². The molecule has 86 valence electrons. The molecule has 2 rings (SSSR count). The fourth-order valence-corrected chi connectivity index (χ4v) is 2.73. The Kier molecular flexibility index (Phi) is 2.39. The Morgan fingerprint density at radius 2 is 1.94 bits per heavy atom. The molecule has 5 N–H and O–H groups in total. The van der Waals surface area contributed by atoms with Crippen LogP contribution >= 0.6 is 0 Å². The average Bonchev–Trinajstić information content (AvgIpc) is 2.22. The van der Waals surface area contributed by atoms with E-state index in [4.69, 9.17) is 11.5 Å². The molecule has 2 unspecified atom stereocenters. The third kappa shape index (κ3) is 1.39. The molecule has 0 heterocycles. The first-order chi connectivity index (χ1) is 7.37. The van der Waals surface area contributed by atoms with Crippen molar-refractivity contribution in [2.24, 2.45) is 11.5 Å². The van der Waals surface area contributed by atoms with Crippen LogP contribution < -0.4 is 11.5 Å². The molecule has 1 aliphatic rings. The van der Waals surface area contributed by atoms with Crippen molar-refractivity contribution in [3.8, 4) is 0 Å². The predicted molar refractivity (Wildman–Crippen MR) is 60.9 cm³/mol. The van der Waals surface area contributed by atoms with Gasteiger partial charge in [0.1, 0.15) is 0 Å². The average molecular weight is 240 g/mol. The van der Waals surface area contributed by atoms with Gasteiger partial charge >= 0.3 is 0 Å². The summed E-state index contributed by atoms with van der Waals surface area (Å²) in [5.74, 6) is 0. The number of fused-ring (bicyclic) bond motifs is 1. The highest BCUT2D eigenvalue weighted by atomic mass is 32.2. The maximum Gasteiger partial charge on any atom is 0.290 e. The number of rotatable bonds is 1. The van der Waals surface area contributed by atoms with Gasteiger partial charge in [-0.05, 0) is 11.1 Å². The first-order valence-electron chi connectivity index (χ1n) is 4.66. The summed E-state index contributed by atoms with van der Waals surface area (Å²) in [6, 6.07) is 5.69. The van der Waals surface area contributed by atoms with E-state index in [9.17, 15) is 13.0 Å². The highest BCUT2D eigenvalue weighted by Gasteiger charge is 2.48. The van der Waals surface area contributed by atoms with Gasteiger partial charge in [0, 0.05) is 0 Å². The molecule has 0 saturated heterocycles. The lowest BCUT2D eigenvalue weighted by molar-refractivity contribution is 0.410. The summed E-state index contributed by atoms with van der Waals surface area (Å²) < 4.78 is 32.0. The molecule has 1 aliphatic carbocycles. The van der Waals surface area contributed by atoms with E-state index in [0.717, 1.165) is 0 Å². The number of benzene rings is 1. The molecule has 6 heteroatoms. The maximum absolute atomic E-state index is 11.4. The predicted octanol–water partition coefficient (Wildman–Crippen LogP) is 0.0400. The van der Waals surface area contributed by atoms with E-state index in [2.05, 4.69) is 0 Å². The van der Waals surface area contributed by atoms with Crippen LogP contribution in [0, 0.1) is 0 Å². The van der Waals surface area contributed by atoms with Gasteiger partial charge in [-0.3, -0.25) is 4.55 Å². The van der Waals surface area contributed by atoms with Crippen molar-refractivity contribution >= 4 is 16.2 Å². The third-order valence-electron chi connectivity index (χ3n) is 2.79. The van der Waals surface area contributed by atoms with Crippen molar-refractivity contribution in [2.45, 2.75) is 10.9 Å². The summed E-state index contributed by atoms with van der Waals surface area (Å²) in [7, 11) is -4.49. The standard InChI is InChI=1S/C10H12N2O3S/c11-9-6-5-7-3-1-2-4-8(7)10(9,12)16(13,14)15/h1-6,9H,11-12H2,(H,13,14,15). The summed E-state index contributed by atoms with van der Waals surface area (Å²) in [4.78, 5) is -1.97. The zero-order valence-corrected chi connectivity index (χ0v) is 9.18. The van der Waals surface area contributed by atoms with E-state index in [0.29, 0.717) is 11.1 Å². The summed E-state index contributed by atoms with van der Waals surface area (Å²) in [6.45, 7) is 0. The van der Waals surface area contributed by atoms with Crippen LogP contribution in [0.25, 0.3) is 6.08 Å². The maximum atomic E-state index is 11.4. The Labute approximate surface area is 93.5 Å². The van der Waals surface area contributed by atoms with Crippen LogP contribution in [0.4, 0.5) is 0 Å². The van der Waals surface area contributed by atoms with Crippen molar-refractivity contribution in [3.05, 3.63) is 41.5 Å². The van der Waals surface area contributed by atoms with Gasteiger partial charge in [0.05, 0.1) is 6.04 Å². The number of nitrogens with two attached hydrogens (primary N) is 2. The summed E-state index contributed by atoms with van der Waals surface area (Å²) >= 11 is 0. The van der Waals surface area contributed by atoms with Crippen molar-refractivity contribution in [1.29, 1.82) is 0 Å². The summed E-state index contributed by atoms with van der Waals surface area (Å²) in [5.41, 5.74) is 12.4. The van der Waals surface area contributed by atoms with Crippen LogP contribution in [0.1, 0.15) is 11.1 Å². The Hall–Kier alpha value is -1.21. The minimum atomic E-state index is -4.49. The zero-order valence-electron chi connectivity index (χ0n) is 8.37. The summed E-state index contributed by atoms with van der Waals surface area (Å²) in [6.07, 6.45) is 3.16. The minimum absolute atomic E-state index is 0.313. The molecule has 0 aromatic heterocycles. The molecule has 0 aliphatic heterocycles. The van der Waals surface area contributed by atoms with Gasteiger partial charge in [0.25, 0.3) is 10.1 Å². The molecule has 2 atom stereocenters. The lowest BCUT2D eigenvalue weighted by atomic mass is 9.90. The van der Waals surface area contributed by atoms with Crippen molar-refractivity contribution in [1.82, 2.24) is 0 Å². The van der Waals surface area contributed by atoms with Gasteiger partial charge in [-0.1, -0.05) is 36.4 Å². The molecule has 16 heavy (non-hydrogen) atoms. The van der Waals surface area contributed by atoms with Gasteiger partial charge in [-0.25, -0.2) is 0 Å². The smallest absolute Gasteiger partial charge is 0.290 e. The highest BCUT2D eigenvalue weighted by Crippen LogP contribution is 2.34. The molecule has 0 bridgehead atoms. The van der Waals surface area contributed by atoms with Crippen molar-refractivity contribution < 1.29 is 13.0 Å². The Morgan fingerprint density at radius 1 is 1.31 bits per heavy atom. The van der Waals surface area contributed by atoms with Gasteiger partial charge in [-0.2, -0.15) is 8.42 Å². The molecule has 1 aromatic rings. The van der Waals surface area contributed by atoms with Crippen molar-refractivity contribution in [3.63, 3.8) is 0 Å². The van der Waals surface area contributed by atoms with E-state index in [1.165, 1.54) is 6.08 Å². The molecule has 0 radical (unpaired) electrons. The fourth-order valence-electron chi connectivity index (χ4n) is 1.84. The molecule has 0 saturated carbocycles.